The van der Waals surface area contributed by atoms with Gasteiger partial charge in [-0.1, -0.05) is 58.1 Å². The monoisotopic (exact) mass is 236 g/mol. The normalized spacial score (nSPS) is 16.9. The first-order chi connectivity index (χ1) is 7.77. The maximum absolute atomic E-state index is 6.04. The number of nitrogens with two attached hydrogens (primary N) is 2. The highest BCUT2D eigenvalue weighted by Crippen LogP contribution is 2.11. The fourth-order valence-corrected chi connectivity index (χ4v) is 1.50. The molecule has 0 aliphatic rings. The summed E-state index contributed by atoms with van der Waals surface area (Å²) in [6, 6.07) is 0.144. The number of allylic oxidation sites excluding steroid dienone is 2. The van der Waals surface area contributed by atoms with Crippen LogP contribution < -0.4 is 11.5 Å². The first-order valence-corrected chi connectivity index (χ1v) is 6.32. The van der Waals surface area contributed by atoms with Crippen molar-refractivity contribution in [3.63, 3.8) is 0 Å². The number of hydrogen-bond acceptors (Lipinski definition) is 2. The van der Waals surface area contributed by atoms with Gasteiger partial charge in [-0.2, -0.15) is 0 Å². The Morgan fingerprint density at radius 3 is 1.88 bits per heavy atom. The Bertz CT molecular complexity index is 298. The minimum absolute atomic E-state index is 0.0266. The van der Waals surface area contributed by atoms with Crippen LogP contribution in [-0.4, -0.2) is 12.1 Å². The second kappa shape index (κ2) is 7.46. The van der Waals surface area contributed by atoms with Gasteiger partial charge in [0.25, 0.3) is 0 Å². The highest BCUT2D eigenvalue weighted by Gasteiger charge is 2.09. The lowest BCUT2D eigenvalue weighted by Crippen LogP contribution is -2.27. The van der Waals surface area contributed by atoms with E-state index in [-0.39, 0.29) is 12.1 Å². The summed E-state index contributed by atoms with van der Waals surface area (Å²) in [7, 11) is 0. The molecule has 0 aromatic rings. The van der Waals surface area contributed by atoms with E-state index >= 15 is 0 Å². The molecule has 2 nitrogen and oxygen atoms in total. The smallest absolute Gasteiger partial charge is 0.0312 e. The van der Waals surface area contributed by atoms with Crippen LogP contribution in [0, 0.1) is 11.8 Å². The molecule has 0 bridgehead atoms. The third-order valence-electron chi connectivity index (χ3n) is 3.06. The van der Waals surface area contributed by atoms with Crippen LogP contribution >= 0.6 is 0 Å². The van der Waals surface area contributed by atoms with Crippen molar-refractivity contribution in [2.24, 2.45) is 23.3 Å². The van der Waals surface area contributed by atoms with Crippen LogP contribution in [0.2, 0.25) is 0 Å². The predicted molar refractivity (Wildman–Crippen MR) is 77.7 cm³/mol. The first-order valence-electron chi connectivity index (χ1n) is 6.32. The number of hydrogen-bond donors (Lipinski definition) is 2. The van der Waals surface area contributed by atoms with Gasteiger partial charge in [-0.15, -0.1) is 0 Å². The largest absolute Gasteiger partial charge is 0.324 e. The summed E-state index contributed by atoms with van der Waals surface area (Å²) in [5.74, 6) is 0.871. The van der Waals surface area contributed by atoms with Gasteiger partial charge in [0.05, 0.1) is 0 Å². The summed E-state index contributed by atoms with van der Waals surface area (Å²) in [5, 5.41) is 0. The van der Waals surface area contributed by atoms with Crippen molar-refractivity contribution in [1.82, 2.24) is 0 Å². The average Bonchev–Trinajstić information content (AvgIpc) is 2.26. The molecule has 0 heterocycles. The third kappa shape index (κ3) is 5.85. The summed E-state index contributed by atoms with van der Waals surface area (Å²) in [5.41, 5.74) is 14.2. The maximum atomic E-state index is 6.04. The molecule has 0 saturated heterocycles. The van der Waals surface area contributed by atoms with E-state index in [0.29, 0.717) is 11.8 Å². The van der Waals surface area contributed by atoms with Crippen molar-refractivity contribution in [3.05, 3.63) is 36.0 Å². The Morgan fingerprint density at radius 1 is 1.00 bits per heavy atom. The van der Waals surface area contributed by atoms with E-state index in [4.69, 9.17) is 11.5 Å². The molecule has 0 radical (unpaired) electrons. The second-order valence-electron chi connectivity index (χ2n) is 5.38. The highest BCUT2D eigenvalue weighted by molar-refractivity contribution is 5.26. The van der Waals surface area contributed by atoms with Crippen LogP contribution in [0.5, 0.6) is 0 Å². The van der Waals surface area contributed by atoms with Crippen molar-refractivity contribution in [2.45, 2.75) is 46.7 Å². The van der Waals surface area contributed by atoms with E-state index in [1.807, 2.05) is 18.2 Å². The van der Waals surface area contributed by atoms with Gasteiger partial charge < -0.3 is 11.5 Å². The molecule has 0 fully saturated rings. The molecule has 17 heavy (non-hydrogen) atoms. The molecular weight excluding hydrogens is 208 g/mol. The van der Waals surface area contributed by atoms with Gasteiger partial charge in [-0.3, -0.25) is 0 Å². The maximum Gasteiger partial charge on any atom is 0.0312 e. The Kier molecular flexibility index (Phi) is 7.09. The lowest BCUT2D eigenvalue weighted by Gasteiger charge is -2.16. The zero-order valence-corrected chi connectivity index (χ0v) is 11.9. The molecule has 2 atom stereocenters. The summed E-state index contributed by atoms with van der Waals surface area (Å²) in [4.78, 5) is 0. The lowest BCUT2D eigenvalue weighted by atomic mass is 9.96. The molecule has 0 aromatic heterocycles. The summed E-state index contributed by atoms with van der Waals surface area (Å²) in [6.07, 6.45) is 6.01. The van der Waals surface area contributed by atoms with Crippen molar-refractivity contribution >= 4 is 0 Å². The summed E-state index contributed by atoms with van der Waals surface area (Å²) in [6.45, 7) is 14.5. The molecule has 0 rings (SSSR count). The Balaban J connectivity index is 4.45. The number of rotatable bonds is 6. The topological polar surface area (TPSA) is 52.0 Å². The van der Waals surface area contributed by atoms with Crippen molar-refractivity contribution in [3.8, 4) is 0 Å². The minimum Gasteiger partial charge on any atom is -0.324 e. The van der Waals surface area contributed by atoms with E-state index in [1.165, 1.54) is 5.57 Å². The molecule has 2 heteroatoms. The predicted octanol–water partition coefficient (Wildman–Crippen LogP) is 3.01. The van der Waals surface area contributed by atoms with E-state index < -0.39 is 0 Å². The van der Waals surface area contributed by atoms with Gasteiger partial charge in [-0.25, -0.2) is 0 Å². The molecule has 0 spiro atoms. The van der Waals surface area contributed by atoms with Crippen molar-refractivity contribution in [1.29, 1.82) is 0 Å². The molecule has 0 aliphatic carbocycles. The Labute approximate surface area is 106 Å². The average molecular weight is 236 g/mol. The van der Waals surface area contributed by atoms with Gasteiger partial charge in [0.15, 0.2) is 0 Å². The van der Waals surface area contributed by atoms with Crippen LogP contribution in [-0.2, 0) is 0 Å². The summed E-state index contributed by atoms with van der Waals surface area (Å²) < 4.78 is 0. The van der Waals surface area contributed by atoms with E-state index in [1.54, 1.807) is 0 Å². The fourth-order valence-electron chi connectivity index (χ4n) is 1.50. The highest BCUT2D eigenvalue weighted by atomic mass is 14.6. The molecular formula is C15H28N2. The van der Waals surface area contributed by atoms with Gasteiger partial charge in [-0.05, 0) is 24.3 Å². The van der Waals surface area contributed by atoms with Gasteiger partial charge in [0.1, 0.15) is 0 Å². The zero-order chi connectivity index (χ0) is 13.6. The molecule has 0 aliphatic heterocycles. The molecule has 0 saturated carbocycles. The third-order valence-corrected chi connectivity index (χ3v) is 3.06. The quantitative estimate of drug-likeness (QED) is 0.697. The Morgan fingerprint density at radius 2 is 1.47 bits per heavy atom. The Hall–Kier alpha value is -0.860. The van der Waals surface area contributed by atoms with Crippen molar-refractivity contribution in [2.75, 3.05) is 0 Å². The second-order valence-corrected chi connectivity index (χ2v) is 5.38. The van der Waals surface area contributed by atoms with Crippen molar-refractivity contribution < 1.29 is 0 Å². The van der Waals surface area contributed by atoms with Gasteiger partial charge in [0.2, 0.25) is 0 Å². The molecule has 98 valence electrons. The van der Waals surface area contributed by atoms with E-state index in [0.717, 1.165) is 5.57 Å². The molecule has 2 unspecified atom stereocenters. The van der Waals surface area contributed by atoms with Crippen LogP contribution in [0.3, 0.4) is 0 Å². The van der Waals surface area contributed by atoms with Gasteiger partial charge >= 0.3 is 0 Å². The van der Waals surface area contributed by atoms with Crippen LogP contribution in [0.4, 0.5) is 0 Å². The lowest BCUT2D eigenvalue weighted by molar-refractivity contribution is 0.548. The fraction of sp³-hybridized carbons (Fsp3) is 0.600. The van der Waals surface area contributed by atoms with E-state index in [9.17, 15) is 0 Å². The molecule has 0 aromatic carbocycles. The standard InChI is InChI=1S/C15H28N2/c1-10(2)14(16)12(5)8-7-9-13(6)15(17)11(3)4/h7-11,14-15H,5,16-17H2,1-4,6H3/b8-7-,13-9+. The summed E-state index contributed by atoms with van der Waals surface area (Å²) >= 11 is 0. The van der Waals surface area contributed by atoms with Gasteiger partial charge in [0, 0.05) is 12.1 Å². The first kappa shape index (κ1) is 16.1. The van der Waals surface area contributed by atoms with Crippen LogP contribution in [0.25, 0.3) is 0 Å². The minimum atomic E-state index is 0.0266. The molecule has 4 N–H and O–H groups in total. The SMILES string of the molecule is C=C(/C=C\C=C(/C)C(N)C(C)C)C(N)C(C)C. The van der Waals surface area contributed by atoms with E-state index in [2.05, 4.69) is 41.2 Å². The zero-order valence-electron chi connectivity index (χ0n) is 11.9. The molecule has 0 amide bonds. The van der Waals surface area contributed by atoms with Crippen LogP contribution in [0.15, 0.2) is 36.0 Å². The van der Waals surface area contributed by atoms with Crippen LogP contribution in [0.1, 0.15) is 34.6 Å².